The molecule has 0 aliphatic rings. The maximum absolute atomic E-state index is 11.2. The van der Waals surface area contributed by atoms with E-state index in [0.29, 0.717) is 13.0 Å². The average molecular weight is 291 g/mol. The van der Waals surface area contributed by atoms with Crippen LogP contribution in [0.5, 0.6) is 0 Å². The van der Waals surface area contributed by atoms with Gasteiger partial charge in [-0.3, -0.25) is 10.1 Å². The summed E-state index contributed by atoms with van der Waals surface area (Å²) < 4.78 is 1.07. The lowest BCUT2D eigenvalue weighted by atomic mass is 9.98. The van der Waals surface area contributed by atoms with Crippen molar-refractivity contribution >= 4 is 33.2 Å². The van der Waals surface area contributed by atoms with E-state index in [2.05, 4.69) is 21.2 Å². The predicted molar refractivity (Wildman–Crippen MR) is 66.7 cm³/mol. The third-order valence-electron chi connectivity index (χ3n) is 2.58. The van der Waals surface area contributed by atoms with Gasteiger partial charge in [-0.2, -0.15) is 0 Å². The number of rotatable bonds is 5. The summed E-state index contributed by atoms with van der Waals surface area (Å²) in [6, 6.07) is 2.00. The molecule has 15 heavy (non-hydrogen) atoms. The Balaban J connectivity index is 2.63. The Morgan fingerprint density at radius 2 is 2.40 bits per heavy atom. The molecule has 0 saturated heterocycles. The highest BCUT2D eigenvalue weighted by atomic mass is 79.9. The van der Waals surface area contributed by atoms with Crippen LogP contribution in [0, 0.1) is 0 Å². The zero-order valence-corrected chi connectivity index (χ0v) is 11.2. The van der Waals surface area contributed by atoms with Crippen LogP contribution in [-0.2, 0) is 11.3 Å². The molecule has 5 heteroatoms. The third kappa shape index (κ3) is 3.03. The van der Waals surface area contributed by atoms with Crippen molar-refractivity contribution in [1.82, 2.24) is 5.32 Å². The first-order valence-corrected chi connectivity index (χ1v) is 6.43. The zero-order valence-electron chi connectivity index (χ0n) is 8.84. The molecule has 0 unspecified atom stereocenters. The van der Waals surface area contributed by atoms with Crippen molar-refractivity contribution in [2.75, 3.05) is 0 Å². The van der Waals surface area contributed by atoms with Crippen LogP contribution < -0.4 is 11.1 Å². The number of primary amides is 1. The number of hydrogen-bond donors (Lipinski definition) is 2. The first-order valence-electron chi connectivity index (χ1n) is 4.76. The second kappa shape index (κ2) is 5.09. The van der Waals surface area contributed by atoms with Gasteiger partial charge in [0.05, 0.1) is 5.54 Å². The van der Waals surface area contributed by atoms with E-state index in [-0.39, 0.29) is 5.91 Å². The van der Waals surface area contributed by atoms with Gasteiger partial charge < -0.3 is 5.73 Å². The molecule has 0 bridgehead atoms. The molecule has 84 valence electrons. The average Bonchev–Trinajstić information content (AvgIpc) is 2.60. The second-order valence-corrected chi connectivity index (χ2v) is 5.45. The summed E-state index contributed by atoms with van der Waals surface area (Å²) in [6.45, 7) is 4.43. The van der Waals surface area contributed by atoms with Gasteiger partial charge in [0.1, 0.15) is 0 Å². The van der Waals surface area contributed by atoms with Gasteiger partial charge in [0.15, 0.2) is 0 Å². The van der Waals surface area contributed by atoms with Crippen molar-refractivity contribution in [2.45, 2.75) is 32.4 Å². The van der Waals surface area contributed by atoms with E-state index in [4.69, 9.17) is 5.73 Å². The van der Waals surface area contributed by atoms with Crippen LogP contribution >= 0.6 is 27.3 Å². The third-order valence-corrected chi connectivity index (χ3v) is 4.51. The molecule has 0 aliphatic carbocycles. The highest BCUT2D eigenvalue weighted by Gasteiger charge is 2.28. The van der Waals surface area contributed by atoms with Crippen LogP contribution in [0.4, 0.5) is 0 Å². The van der Waals surface area contributed by atoms with Gasteiger partial charge in [-0.05, 0) is 40.7 Å². The summed E-state index contributed by atoms with van der Waals surface area (Å²) in [7, 11) is 0. The summed E-state index contributed by atoms with van der Waals surface area (Å²) in [4.78, 5) is 12.4. The summed E-state index contributed by atoms with van der Waals surface area (Å²) in [5.41, 5.74) is 4.73. The summed E-state index contributed by atoms with van der Waals surface area (Å²) in [5, 5.41) is 5.20. The summed E-state index contributed by atoms with van der Waals surface area (Å²) >= 11 is 5.10. The van der Waals surface area contributed by atoms with Crippen molar-refractivity contribution in [3.63, 3.8) is 0 Å². The highest BCUT2D eigenvalue weighted by Crippen LogP contribution is 2.23. The van der Waals surface area contributed by atoms with Crippen LogP contribution in [0.2, 0.25) is 0 Å². The van der Waals surface area contributed by atoms with Crippen molar-refractivity contribution < 1.29 is 4.79 Å². The molecule has 0 saturated carbocycles. The maximum Gasteiger partial charge on any atom is 0.237 e. The summed E-state index contributed by atoms with van der Waals surface area (Å²) in [6.07, 6.45) is 0.686. The number of carbonyl (C=O) groups excluding carboxylic acids is 1. The lowest BCUT2D eigenvalue weighted by Crippen LogP contribution is -2.52. The molecule has 0 radical (unpaired) electrons. The first-order chi connectivity index (χ1) is 6.99. The zero-order chi connectivity index (χ0) is 11.5. The maximum atomic E-state index is 11.2. The molecule has 0 aromatic carbocycles. The van der Waals surface area contributed by atoms with Crippen molar-refractivity contribution in [1.29, 1.82) is 0 Å². The number of thiophene rings is 1. The predicted octanol–water partition coefficient (Wildman–Crippen LogP) is 2.25. The molecule has 1 atom stereocenters. The van der Waals surface area contributed by atoms with Gasteiger partial charge in [0.25, 0.3) is 0 Å². The Labute approximate surface area is 102 Å². The Morgan fingerprint density at radius 1 is 1.73 bits per heavy atom. The number of halogens is 1. The van der Waals surface area contributed by atoms with Crippen LogP contribution in [0.15, 0.2) is 15.9 Å². The van der Waals surface area contributed by atoms with Gasteiger partial charge in [-0.1, -0.05) is 6.92 Å². The molecule has 3 N–H and O–H groups in total. The second-order valence-electron chi connectivity index (χ2n) is 3.60. The minimum absolute atomic E-state index is 0.308. The molecule has 1 heterocycles. The van der Waals surface area contributed by atoms with Gasteiger partial charge in [0, 0.05) is 15.9 Å². The SMILES string of the molecule is CC[C@@](C)(NCc1sccc1Br)C(N)=O. The van der Waals surface area contributed by atoms with Gasteiger partial charge >= 0.3 is 0 Å². The Hall–Kier alpha value is -0.390. The molecule has 1 amide bonds. The minimum Gasteiger partial charge on any atom is -0.368 e. The highest BCUT2D eigenvalue weighted by molar-refractivity contribution is 9.10. The van der Waals surface area contributed by atoms with E-state index in [9.17, 15) is 4.79 Å². The lowest BCUT2D eigenvalue weighted by Gasteiger charge is -2.25. The van der Waals surface area contributed by atoms with Crippen molar-refractivity contribution in [3.8, 4) is 0 Å². The number of hydrogen-bond acceptors (Lipinski definition) is 3. The molecule has 1 aromatic rings. The number of nitrogens with two attached hydrogens (primary N) is 1. The smallest absolute Gasteiger partial charge is 0.237 e. The molecule has 0 aliphatic heterocycles. The molecule has 3 nitrogen and oxygen atoms in total. The lowest BCUT2D eigenvalue weighted by molar-refractivity contribution is -0.124. The van der Waals surface area contributed by atoms with Crippen LogP contribution in [0.1, 0.15) is 25.1 Å². The van der Waals surface area contributed by atoms with E-state index in [1.165, 1.54) is 4.88 Å². The van der Waals surface area contributed by atoms with Crippen LogP contribution in [0.25, 0.3) is 0 Å². The Morgan fingerprint density at radius 3 is 2.80 bits per heavy atom. The van der Waals surface area contributed by atoms with E-state index in [0.717, 1.165) is 4.47 Å². The topological polar surface area (TPSA) is 55.1 Å². The fourth-order valence-corrected chi connectivity index (χ4v) is 2.55. The van der Waals surface area contributed by atoms with Crippen LogP contribution in [0.3, 0.4) is 0 Å². The van der Waals surface area contributed by atoms with Crippen molar-refractivity contribution in [3.05, 3.63) is 20.8 Å². The Kier molecular flexibility index (Phi) is 4.31. The molecule has 1 aromatic heterocycles. The molecule has 1 rings (SSSR count). The van der Waals surface area contributed by atoms with Gasteiger partial charge in [0.2, 0.25) is 5.91 Å². The van der Waals surface area contributed by atoms with Gasteiger partial charge in [-0.15, -0.1) is 11.3 Å². The van der Waals surface area contributed by atoms with E-state index >= 15 is 0 Å². The van der Waals surface area contributed by atoms with Gasteiger partial charge in [-0.25, -0.2) is 0 Å². The summed E-state index contributed by atoms with van der Waals surface area (Å²) in [5.74, 6) is -0.308. The fourth-order valence-electron chi connectivity index (χ4n) is 1.11. The number of amides is 1. The monoisotopic (exact) mass is 290 g/mol. The van der Waals surface area contributed by atoms with Crippen molar-refractivity contribution in [2.24, 2.45) is 5.73 Å². The van der Waals surface area contributed by atoms with E-state index in [1.54, 1.807) is 11.3 Å². The molecule has 0 spiro atoms. The van der Waals surface area contributed by atoms with E-state index in [1.807, 2.05) is 25.3 Å². The molecular weight excluding hydrogens is 276 g/mol. The normalized spacial score (nSPS) is 14.9. The molecule has 0 fully saturated rings. The van der Waals surface area contributed by atoms with Crippen LogP contribution in [-0.4, -0.2) is 11.4 Å². The quantitative estimate of drug-likeness (QED) is 0.874. The largest absolute Gasteiger partial charge is 0.368 e. The van der Waals surface area contributed by atoms with E-state index < -0.39 is 5.54 Å². The minimum atomic E-state index is -0.622. The fraction of sp³-hybridized carbons (Fsp3) is 0.500. The standard InChI is InChI=1S/C10H15BrN2OS/c1-3-10(2,9(12)14)13-6-8-7(11)4-5-15-8/h4-5,13H,3,6H2,1-2H3,(H2,12,14)/t10-/m1/s1. The number of carbonyl (C=O) groups is 1. The number of nitrogens with one attached hydrogen (secondary N) is 1. The Bertz CT molecular complexity index is 353. The molecular formula is C10H15BrN2OS. The first kappa shape index (κ1) is 12.7.